The highest BCUT2D eigenvalue weighted by Crippen LogP contribution is 1.91. The molecule has 7 heavy (non-hydrogen) atoms. The van der Waals surface area contributed by atoms with Crippen molar-refractivity contribution in [2.45, 2.75) is 20.3 Å². The van der Waals surface area contributed by atoms with Gasteiger partial charge < -0.3 is 0 Å². The van der Waals surface area contributed by atoms with Crippen LogP contribution in [-0.2, 0) is 0 Å². The maximum atomic E-state index is 3.58. The summed E-state index contributed by atoms with van der Waals surface area (Å²) in [6.45, 7) is 7.64. The molecule has 0 aromatic rings. The Balaban J connectivity index is 3.49. The minimum Gasteiger partial charge on any atom is -0.0352 e. The van der Waals surface area contributed by atoms with Gasteiger partial charge in [0.05, 0.1) is 18.6 Å². The molecule has 0 fully saturated rings. The van der Waals surface area contributed by atoms with E-state index in [0.717, 1.165) is 12.0 Å². The summed E-state index contributed by atoms with van der Waals surface area (Å²) in [6.07, 6.45) is 5.89. The zero-order valence-electron chi connectivity index (χ0n) is 4.99. The summed E-state index contributed by atoms with van der Waals surface area (Å²) in [5.41, 5.74) is 1.14. The SMILES string of the molecule is C=CC(C)=[C+]CC. The molecule has 0 unspecified atom stereocenters. The Morgan fingerprint density at radius 2 is 2.43 bits per heavy atom. The van der Waals surface area contributed by atoms with Crippen LogP contribution in [0.4, 0.5) is 0 Å². The van der Waals surface area contributed by atoms with Crippen LogP contribution in [0, 0.1) is 6.08 Å². The molecule has 0 bridgehead atoms. The van der Waals surface area contributed by atoms with E-state index in [9.17, 15) is 0 Å². The van der Waals surface area contributed by atoms with Crippen molar-refractivity contribution in [3.8, 4) is 0 Å². The molecule has 0 aliphatic heterocycles. The number of rotatable bonds is 2. The lowest BCUT2D eigenvalue weighted by molar-refractivity contribution is 1.16. The first-order valence-corrected chi connectivity index (χ1v) is 2.51. The molecular weight excluding hydrogens is 84.1 g/mol. The lowest BCUT2D eigenvalue weighted by Gasteiger charge is -1.68. The summed E-state index contributed by atoms with van der Waals surface area (Å²) < 4.78 is 0. The van der Waals surface area contributed by atoms with Crippen LogP contribution in [0.15, 0.2) is 18.2 Å². The van der Waals surface area contributed by atoms with Crippen LogP contribution in [0.2, 0.25) is 0 Å². The van der Waals surface area contributed by atoms with Gasteiger partial charge in [0, 0.05) is 6.92 Å². The van der Waals surface area contributed by atoms with Crippen molar-refractivity contribution in [2.75, 3.05) is 0 Å². The maximum Gasteiger partial charge on any atom is 0.163 e. The molecule has 0 saturated carbocycles. The van der Waals surface area contributed by atoms with E-state index in [4.69, 9.17) is 0 Å². The number of allylic oxidation sites excluding steroid dienone is 3. The van der Waals surface area contributed by atoms with Crippen LogP contribution in [0.5, 0.6) is 0 Å². The summed E-state index contributed by atoms with van der Waals surface area (Å²) in [7, 11) is 0. The van der Waals surface area contributed by atoms with E-state index in [1.54, 1.807) is 0 Å². The second kappa shape index (κ2) is 3.58. The normalized spacial score (nSPS) is 10.3. The molecule has 0 heteroatoms. The van der Waals surface area contributed by atoms with E-state index in [1.807, 2.05) is 13.0 Å². The van der Waals surface area contributed by atoms with Gasteiger partial charge in [-0.2, -0.15) is 0 Å². The van der Waals surface area contributed by atoms with Gasteiger partial charge in [-0.15, -0.1) is 0 Å². The van der Waals surface area contributed by atoms with E-state index >= 15 is 0 Å². The van der Waals surface area contributed by atoms with E-state index < -0.39 is 0 Å². The van der Waals surface area contributed by atoms with Crippen molar-refractivity contribution in [1.29, 1.82) is 0 Å². The third kappa shape index (κ3) is 3.21. The Labute approximate surface area is 45.5 Å². The van der Waals surface area contributed by atoms with Gasteiger partial charge >= 0.3 is 0 Å². The van der Waals surface area contributed by atoms with Gasteiger partial charge in [-0.25, -0.2) is 0 Å². The molecule has 0 aromatic heterocycles. The van der Waals surface area contributed by atoms with Gasteiger partial charge in [0.2, 0.25) is 0 Å². The summed E-state index contributed by atoms with van der Waals surface area (Å²) >= 11 is 0. The largest absolute Gasteiger partial charge is 0.163 e. The average Bonchev–Trinajstić information content (AvgIpc) is 1.68. The third-order valence-electron chi connectivity index (χ3n) is 0.762. The Morgan fingerprint density at radius 1 is 1.86 bits per heavy atom. The van der Waals surface area contributed by atoms with Crippen molar-refractivity contribution in [2.24, 2.45) is 0 Å². The molecule has 0 N–H and O–H groups in total. The summed E-state index contributed by atoms with van der Waals surface area (Å²) in [5, 5.41) is 0. The minimum atomic E-state index is 0.984. The molecule has 38 valence electrons. The molecule has 0 aliphatic carbocycles. The van der Waals surface area contributed by atoms with Crippen LogP contribution in [-0.4, -0.2) is 0 Å². The van der Waals surface area contributed by atoms with E-state index in [0.29, 0.717) is 0 Å². The molecule has 0 amide bonds. The summed E-state index contributed by atoms with van der Waals surface area (Å²) in [6, 6.07) is 0. The zero-order chi connectivity index (χ0) is 5.70. The third-order valence-corrected chi connectivity index (χ3v) is 0.762. The van der Waals surface area contributed by atoms with Gasteiger partial charge in [-0.05, 0) is 13.5 Å². The molecule has 0 radical (unpaired) electrons. The standard InChI is InChI=1S/C7H11/c1-4-6-7(3)5-2/h5H,2,4H2,1,3H3/q+1. The Hall–Kier alpha value is -0.610. The van der Waals surface area contributed by atoms with Gasteiger partial charge in [-0.1, -0.05) is 0 Å². The van der Waals surface area contributed by atoms with Crippen molar-refractivity contribution in [3.63, 3.8) is 0 Å². The second-order valence-corrected chi connectivity index (χ2v) is 1.42. The highest BCUT2D eigenvalue weighted by atomic mass is 13.8. The first-order valence-electron chi connectivity index (χ1n) is 2.51. The smallest absolute Gasteiger partial charge is 0.0352 e. The molecular formula is C7H11+. The van der Waals surface area contributed by atoms with E-state index in [1.165, 1.54) is 0 Å². The average molecular weight is 95.2 g/mol. The van der Waals surface area contributed by atoms with Gasteiger partial charge in [0.25, 0.3) is 0 Å². The highest BCUT2D eigenvalue weighted by molar-refractivity contribution is 5.08. The highest BCUT2D eigenvalue weighted by Gasteiger charge is 1.86. The fourth-order valence-corrected chi connectivity index (χ4v) is 0.351. The number of hydrogen-bond acceptors (Lipinski definition) is 0. The van der Waals surface area contributed by atoms with E-state index in [2.05, 4.69) is 19.6 Å². The second-order valence-electron chi connectivity index (χ2n) is 1.42. The monoisotopic (exact) mass is 95.1 g/mol. The Bertz CT molecular complexity index is 78.0. The molecule has 0 spiro atoms. The Morgan fingerprint density at radius 3 is 2.57 bits per heavy atom. The fraction of sp³-hybridized carbons (Fsp3) is 0.429. The van der Waals surface area contributed by atoms with Crippen LogP contribution >= 0.6 is 0 Å². The topological polar surface area (TPSA) is 0 Å². The van der Waals surface area contributed by atoms with Crippen LogP contribution in [0.25, 0.3) is 0 Å². The quantitative estimate of drug-likeness (QED) is 0.365. The first kappa shape index (κ1) is 6.39. The van der Waals surface area contributed by atoms with Gasteiger partial charge in [-0.3, -0.25) is 0 Å². The van der Waals surface area contributed by atoms with Gasteiger partial charge in [0.1, 0.15) is 0 Å². The summed E-state index contributed by atoms with van der Waals surface area (Å²) in [5.74, 6) is 0. The lowest BCUT2D eigenvalue weighted by Crippen LogP contribution is -1.63. The molecule has 0 nitrogen and oxygen atoms in total. The van der Waals surface area contributed by atoms with Gasteiger partial charge in [0.15, 0.2) is 5.57 Å². The minimum absolute atomic E-state index is 0.984. The maximum absolute atomic E-state index is 3.58. The molecule has 0 aliphatic rings. The molecule has 0 aromatic carbocycles. The first-order chi connectivity index (χ1) is 3.31. The molecule has 0 heterocycles. The van der Waals surface area contributed by atoms with E-state index in [-0.39, 0.29) is 0 Å². The summed E-state index contributed by atoms with van der Waals surface area (Å²) in [4.78, 5) is 0. The fourth-order valence-electron chi connectivity index (χ4n) is 0.351. The van der Waals surface area contributed by atoms with Crippen LogP contribution < -0.4 is 0 Å². The van der Waals surface area contributed by atoms with Crippen molar-refractivity contribution in [1.82, 2.24) is 0 Å². The number of hydrogen-bond donors (Lipinski definition) is 0. The van der Waals surface area contributed by atoms with Crippen molar-refractivity contribution in [3.05, 3.63) is 24.3 Å². The molecule has 0 saturated heterocycles. The van der Waals surface area contributed by atoms with Crippen LogP contribution in [0.1, 0.15) is 20.3 Å². The molecule has 0 atom stereocenters. The molecule has 0 rings (SSSR count). The predicted octanol–water partition coefficient (Wildman–Crippen LogP) is 2.33. The lowest BCUT2D eigenvalue weighted by atomic mass is 10.2. The Kier molecular flexibility index (Phi) is 3.26. The van der Waals surface area contributed by atoms with Crippen LogP contribution in [0.3, 0.4) is 0 Å². The van der Waals surface area contributed by atoms with Crippen molar-refractivity contribution >= 4 is 0 Å². The van der Waals surface area contributed by atoms with Crippen molar-refractivity contribution < 1.29 is 0 Å². The predicted molar refractivity (Wildman–Crippen MR) is 32.9 cm³/mol. The zero-order valence-corrected chi connectivity index (χ0v) is 4.99.